The highest BCUT2D eigenvalue weighted by atomic mass is 35.5. The van der Waals surface area contributed by atoms with Gasteiger partial charge in [-0.2, -0.15) is 0 Å². The first-order chi connectivity index (χ1) is 9.34. The molecule has 1 aromatic carbocycles. The van der Waals surface area contributed by atoms with Gasteiger partial charge in [-0.25, -0.2) is 0 Å². The summed E-state index contributed by atoms with van der Waals surface area (Å²) in [7, 11) is 0. The van der Waals surface area contributed by atoms with E-state index in [1.807, 2.05) is 23.1 Å². The summed E-state index contributed by atoms with van der Waals surface area (Å²) < 4.78 is 5.51. The molecule has 0 bridgehead atoms. The number of nitrogens with zero attached hydrogens (tertiary/aromatic N) is 1. The Kier molecular flexibility index (Phi) is 5.40. The van der Waals surface area contributed by atoms with E-state index in [2.05, 4.69) is 17.4 Å². The molecule has 0 aliphatic carbocycles. The Hall–Kier alpha value is -1.10. The first-order valence-electron chi connectivity index (χ1n) is 6.96. The Balaban J connectivity index is 0.00000147. The van der Waals surface area contributed by atoms with Gasteiger partial charge in [0.15, 0.2) is 0 Å². The number of rotatable bonds is 2. The number of carbonyl (C=O) groups excluding carboxylic acids is 1. The number of halogens is 1. The number of ether oxygens (including phenoxy) is 1. The molecule has 0 radical (unpaired) electrons. The number of nitrogens with one attached hydrogen (secondary N) is 1. The topological polar surface area (TPSA) is 41.6 Å². The summed E-state index contributed by atoms with van der Waals surface area (Å²) in [6.07, 6.45) is 1.02. The Morgan fingerprint density at radius 1 is 1.30 bits per heavy atom. The summed E-state index contributed by atoms with van der Waals surface area (Å²) in [5.74, 6) is 0.544. The molecule has 1 aromatic rings. The Labute approximate surface area is 125 Å². The van der Waals surface area contributed by atoms with Gasteiger partial charge in [0.25, 0.3) is 0 Å². The van der Waals surface area contributed by atoms with Crippen LogP contribution in [0.3, 0.4) is 0 Å². The van der Waals surface area contributed by atoms with E-state index in [9.17, 15) is 4.79 Å². The van der Waals surface area contributed by atoms with Crippen molar-refractivity contribution in [1.82, 2.24) is 10.2 Å². The second-order valence-electron chi connectivity index (χ2n) is 5.34. The Morgan fingerprint density at radius 2 is 2.10 bits per heavy atom. The van der Waals surface area contributed by atoms with Crippen molar-refractivity contribution in [2.24, 2.45) is 5.92 Å². The zero-order chi connectivity index (χ0) is 13.1. The molecule has 1 N–H and O–H groups in total. The van der Waals surface area contributed by atoms with Gasteiger partial charge in [-0.3, -0.25) is 4.79 Å². The van der Waals surface area contributed by atoms with Gasteiger partial charge < -0.3 is 15.0 Å². The third-order valence-corrected chi connectivity index (χ3v) is 4.04. The van der Waals surface area contributed by atoms with Gasteiger partial charge in [-0.1, -0.05) is 30.3 Å². The predicted molar refractivity (Wildman–Crippen MR) is 79.8 cm³/mol. The Bertz CT molecular complexity index is 441. The van der Waals surface area contributed by atoms with Crippen LogP contribution in [-0.2, 0) is 16.1 Å². The lowest BCUT2D eigenvalue weighted by molar-refractivity contribution is -0.136. The molecular weight excluding hydrogens is 276 g/mol. The van der Waals surface area contributed by atoms with Gasteiger partial charge in [0.1, 0.15) is 6.61 Å². The largest absolute Gasteiger partial charge is 0.371 e. The second-order valence-corrected chi connectivity index (χ2v) is 5.34. The van der Waals surface area contributed by atoms with E-state index in [1.54, 1.807) is 0 Å². The fraction of sp³-hybridized carbons (Fsp3) is 0.533. The molecule has 3 rings (SSSR count). The zero-order valence-corrected chi connectivity index (χ0v) is 12.3. The third-order valence-electron chi connectivity index (χ3n) is 4.04. The number of benzene rings is 1. The molecule has 2 atom stereocenters. The van der Waals surface area contributed by atoms with Gasteiger partial charge >= 0.3 is 0 Å². The smallest absolute Gasteiger partial charge is 0.249 e. The summed E-state index contributed by atoms with van der Waals surface area (Å²) in [6, 6.07) is 10.5. The highest BCUT2D eigenvalue weighted by Gasteiger charge is 2.35. The molecule has 110 valence electrons. The van der Waals surface area contributed by atoms with Crippen LogP contribution in [0.2, 0.25) is 0 Å². The van der Waals surface area contributed by atoms with Crippen molar-refractivity contribution in [2.45, 2.75) is 19.0 Å². The highest BCUT2D eigenvalue weighted by Crippen LogP contribution is 2.23. The normalized spacial score (nSPS) is 26.4. The van der Waals surface area contributed by atoms with Crippen molar-refractivity contribution in [3.05, 3.63) is 35.9 Å². The maximum atomic E-state index is 12.3. The van der Waals surface area contributed by atoms with Crippen LogP contribution in [0.5, 0.6) is 0 Å². The summed E-state index contributed by atoms with van der Waals surface area (Å²) in [4.78, 5) is 14.3. The minimum absolute atomic E-state index is 0. The number of carbonyl (C=O) groups is 1. The SMILES string of the molecule is Cl.O=C1COCC2CNCCC2N1Cc1ccccc1. The minimum Gasteiger partial charge on any atom is -0.371 e. The molecule has 2 fully saturated rings. The summed E-state index contributed by atoms with van der Waals surface area (Å²) >= 11 is 0. The van der Waals surface area contributed by atoms with Crippen molar-refractivity contribution in [1.29, 1.82) is 0 Å². The van der Waals surface area contributed by atoms with Gasteiger partial charge in [0.05, 0.1) is 6.61 Å². The standard InChI is InChI=1S/C15H20N2O2.ClH/c18-15-11-19-10-13-8-16-7-6-14(13)17(15)9-12-4-2-1-3-5-12;/h1-5,13-14,16H,6-11H2;1H. The van der Waals surface area contributed by atoms with Crippen LogP contribution in [0, 0.1) is 5.92 Å². The molecular formula is C15H21ClN2O2. The van der Waals surface area contributed by atoms with Crippen molar-refractivity contribution in [2.75, 3.05) is 26.3 Å². The zero-order valence-electron chi connectivity index (χ0n) is 11.5. The lowest BCUT2D eigenvalue weighted by Crippen LogP contribution is -2.51. The molecule has 2 saturated heterocycles. The van der Waals surface area contributed by atoms with E-state index in [-0.39, 0.29) is 24.9 Å². The number of amides is 1. The van der Waals surface area contributed by atoms with E-state index in [1.165, 1.54) is 5.56 Å². The number of fused-ring (bicyclic) bond motifs is 1. The van der Waals surface area contributed by atoms with Crippen molar-refractivity contribution >= 4 is 18.3 Å². The molecule has 0 spiro atoms. The molecule has 1 amide bonds. The van der Waals surface area contributed by atoms with Crippen LogP contribution in [0.4, 0.5) is 0 Å². The summed E-state index contributed by atoms with van der Waals surface area (Å²) in [5.41, 5.74) is 1.19. The highest BCUT2D eigenvalue weighted by molar-refractivity contribution is 5.85. The fourth-order valence-electron chi connectivity index (χ4n) is 3.04. The first-order valence-corrected chi connectivity index (χ1v) is 6.96. The molecule has 2 heterocycles. The van der Waals surface area contributed by atoms with Crippen molar-refractivity contribution in [3.8, 4) is 0 Å². The van der Waals surface area contributed by atoms with Crippen LogP contribution in [-0.4, -0.2) is 43.2 Å². The van der Waals surface area contributed by atoms with E-state index in [4.69, 9.17) is 4.74 Å². The molecule has 2 aliphatic rings. The first kappa shape index (κ1) is 15.3. The summed E-state index contributed by atoms with van der Waals surface area (Å²) in [6.45, 7) is 3.54. The van der Waals surface area contributed by atoms with Crippen LogP contribution in [0.25, 0.3) is 0 Å². The van der Waals surface area contributed by atoms with Crippen molar-refractivity contribution in [3.63, 3.8) is 0 Å². The predicted octanol–water partition coefficient (Wildman–Crippen LogP) is 1.45. The molecule has 0 saturated carbocycles. The lowest BCUT2D eigenvalue weighted by atomic mass is 9.92. The average molecular weight is 297 g/mol. The molecule has 4 nitrogen and oxygen atoms in total. The summed E-state index contributed by atoms with van der Waals surface area (Å²) in [5, 5.41) is 3.39. The van der Waals surface area contributed by atoms with Crippen LogP contribution in [0.1, 0.15) is 12.0 Å². The molecule has 20 heavy (non-hydrogen) atoms. The maximum Gasteiger partial charge on any atom is 0.249 e. The fourth-order valence-corrected chi connectivity index (χ4v) is 3.04. The third kappa shape index (κ3) is 3.32. The van der Waals surface area contributed by atoms with Crippen LogP contribution >= 0.6 is 12.4 Å². The lowest BCUT2D eigenvalue weighted by Gasteiger charge is -2.37. The number of piperidine rings is 1. The van der Waals surface area contributed by atoms with E-state index < -0.39 is 0 Å². The van der Waals surface area contributed by atoms with Gasteiger partial charge in [-0.05, 0) is 18.5 Å². The van der Waals surface area contributed by atoms with E-state index in [0.717, 1.165) is 19.5 Å². The van der Waals surface area contributed by atoms with Crippen molar-refractivity contribution < 1.29 is 9.53 Å². The number of hydrogen-bond donors (Lipinski definition) is 1. The Morgan fingerprint density at radius 3 is 2.90 bits per heavy atom. The monoisotopic (exact) mass is 296 g/mol. The molecule has 0 aromatic heterocycles. The molecule has 2 unspecified atom stereocenters. The van der Waals surface area contributed by atoms with Crippen LogP contribution < -0.4 is 5.32 Å². The second kappa shape index (κ2) is 7.07. The van der Waals surface area contributed by atoms with E-state index in [0.29, 0.717) is 25.1 Å². The van der Waals surface area contributed by atoms with Gasteiger partial charge in [0.2, 0.25) is 5.91 Å². The number of hydrogen-bond acceptors (Lipinski definition) is 3. The van der Waals surface area contributed by atoms with E-state index >= 15 is 0 Å². The molecule has 2 aliphatic heterocycles. The van der Waals surface area contributed by atoms with Crippen LogP contribution in [0.15, 0.2) is 30.3 Å². The minimum atomic E-state index is 0. The maximum absolute atomic E-state index is 12.3. The average Bonchev–Trinajstić information content (AvgIpc) is 2.61. The van der Waals surface area contributed by atoms with Gasteiger partial charge in [0, 0.05) is 25.0 Å². The van der Waals surface area contributed by atoms with Gasteiger partial charge in [-0.15, -0.1) is 12.4 Å². The molecule has 5 heteroatoms. The quantitative estimate of drug-likeness (QED) is 0.898.